The van der Waals surface area contributed by atoms with Crippen LogP contribution in [0.2, 0.25) is 0 Å². The third-order valence-electron chi connectivity index (χ3n) is 4.83. The number of nitrogens with two attached hydrogens (primary N) is 2. The van der Waals surface area contributed by atoms with Gasteiger partial charge in [0, 0.05) is 18.7 Å². The highest BCUT2D eigenvalue weighted by molar-refractivity contribution is 5.23. The number of ether oxygens (including phenoxy) is 2. The molecule has 2 fully saturated rings. The van der Waals surface area contributed by atoms with E-state index < -0.39 is 5.69 Å². The first-order valence-corrected chi connectivity index (χ1v) is 9.49. The highest BCUT2D eigenvalue weighted by Gasteiger charge is 2.29. The maximum atomic E-state index is 11.5. The second-order valence-corrected chi connectivity index (χ2v) is 6.92. The molecule has 2 aromatic rings. The summed E-state index contributed by atoms with van der Waals surface area (Å²) < 4.78 is 14.3. The Labute approximate surface area is 167 Å². The van der Waals surface area contributed by atoms with Gasteiger partial charge < -0.3 is 31.2 Å². The molecule has 4 heterocycles. The van der Waals surface area contributed by atoms with Gasteiger partial charge in [0.1, 0.15) is 12.0 Å². The molecule has 0 spiro atoms. The predicted octanol–water partition coefficient (Wildman–Crippen LogP) is -0.883. The van der Waals surface area contributed by atoms with Crippen LogP contribution in [0.25, 0.3) is 0 Å². The molecular formula is C18H27N6O5+. The van der Waals surface area contributed by atoms with Gasteiger partial charge in [0.25, 0.3) is 6.33 Å². The lowest BCUT2D eigenvalue weighted by Crippen LogP contribution is -2.39. The van der Waals surface area contributed by atoms with E-state index in [1.165, 1.54) is 4.57 Å². The number of nitrogens with zero attached hydrogens (tertiary/aromatic N) is 4. The number of hydrogen-bond acceptors (Lipinski definition) is 9. The smallest absolute Gasteiger partial charge is 0.351 e. The van der Waals surface area contributed by atoms with Gasteiger partial charge in [-0.15, -0.1) is 0 Å². The summed E-state index contributed by atoms with van der Waals surface area (Å²) in [5.41, 5.74) is 10.4. The van der Waals surface area contributed by atoms with E-state index in [2.05, 4.69) is 9.97 Å². The number of aliphatic hydroxyl groups excluding tert-OH is 2. The molecule has 11 heteroatoms. The molecule has 0 aliphatic carbocycles. The first-order valence-electron chi connectivity index (χ1n) is 9.49. The molecule has 0 bridgehead atoms. The zero-order valence-electron chi connectivity index (χ0n) is 16.0. The highest BCUT2D eigenvalue weighted by atomic mass is 16.5. The van der Waals surface area contributed by atoms with Crippen molar-refractivity contribution in [2.45, 2.75) is 50.3 Å². The maximum Gasteiger partial charge on any atom is 0.351 e. The summed E-state index contributed by atoms with van der Waals surface area (Å²) in [5, 5.41) is 17.8. The van der Waals surface area contributed by atoms with Crippen LogP contribution in [-0.4, -0.2) is 50.2 Å². The van der Waals surface area contributed by atoms with E-state index in [0.717, 1.165) is 19.3 Å². The van der Waals surface area contributed by atoms with Crippen LogP contribution in [0.1, 0.15) is 38.1 Å². The number of nitrogen functional groups attached to an aromatic ring is 2. The molecule has 2 aliphatic heterocycles. The number of aliphatic hydroxyl groups is 2. The Morgan fingerprint density at radius 1 is 1.07 bits per heavy atom. The van der Waals surface area contributed by atoms with Crippen molar-refractivity contribution in [1.82, 2.24) is 14.5 Å². The maximum absolute atomic E-state index is 11.5. The van der Waals surface area contributed by atoms with Crippen molar-refractivity contribution in [3.63, 3.8) is 0 Å². The SMILES string of the molecule is Nc1cc[n+](C2CCC(CO)O2)cn1.Nc1ccn(C2CCC(CO)O2)c(=O)n1. The molecule has 0 aromatic carbocycles. The van der Waals surface area contributed by atoms with E-state index >= 15 is 0 Å². The van der Waals surface area contributed by atoms with Crippen molar-refractivity contribution in [2.75, 3.05) is 24.7 Å². The fourth-order valence-electron chi connectivity index (χ4n) is 3.26. The highest BCUT2D eigenvalue weighted by Crippen LogP contribution is 2.26. The van der Waals surface area contributed by atoms with Crippen LogP contribution >= 0.6 is 0 Å². The average molecular weight is 407 g/mol. The topological polar surface area (TPSA) is 163 Å². The van der Waals surface area contributed by atoms with E-state index in [1.807, 2.05) is 10.8 Å². The lowest BCUT2D eigenvalue weighted by atomic mass is 10.2. The molecule has 158 valence electrons. The van der Waals surface area contributed by atoms with Gasteiger partial charge in [0.2, 0.25) is 12.0 Å². The Bertz CT molecular complexity index is 845. The number of hydrogen-bond donors (Lipinski definition) is 4. The largest absolute Gasteiger partial charge is 0.394 e. The Hall–Kier alpha value is -2.60. The summed E-state index contributed by atoms with van der Waals surface area (Å²) in [4.78, 5) is 19.0. The predicted molar refractivity (Wildman–Crippen MR) is 102 cm³/mol. The van der Waals surface area contributed by atoms with Gasteiger partial charge in [-0.05, 0) is 30.3 Å². The zero-order valence-corrected chi connectivity index (χ0v) is 16.0. The first kappa shape index (κ1) is 21.1. The minimum absolute atomic E-state index is 0.0137. The zero-order chi connectivity index (χ0) is 20.8. The Morgan fingerprint density at radius 3 is 2.38 bits per heavy atom. The van der Waals surface area contributed by atoms with Crippen LogP contribution in [0.5, 0.6) is 0 Å². The standard InChI is InChI=1S/C9H13N3O3.C9H13N3O2/c10-7-3-4-12(9(14)11-7)8-2-1-6(5-13)15-8;10-8-3-4-12(6-11-8)9-2-1-7(5-13)14-9/h3-4,6,8,13H,1-2,5H2,(H2,10,11,14);3-4,6-7,9-10,13H,1-2,5H2/p+1. The molecule has 2 aliphatic rings. The lowest BCUT2D eigenvalue weighted by molar-refractivity contribution is -0.761. The van der Waals surface area contributed by atoms with Gasteiger partial charge in [-0.3, -0.25) is 4.57 Å². The van der Waals surface area contributed by atoms with E-state index in [1.54, 1.807) is 24.7 Å². The van der Waals surface area contributed by atoms with Crippen molar-refractivity contribution in [3.8, 4) is 0 Å². The minimum atomic E-state index is -0.418. The molecule has 6 N–H and O–H groups in total. The van der Waals surface area contributed by atoms with E-state index in [9.17, 15) is 4.79 Å². The Kier molecular flexibility index (Phi) is 7.09. The molecule has 29 heavy (non-hydrogen) atoms. The second-order valence-electron chi connectivity index (χ2n) is 6.92. The van der Waals surface area contributed by atoms with Crippen LogP contribution in [0.15, 0.2) is 35.6 Å². The van der Waals surface area contributed by atoms with Gasteiger partial charge in [-0.1, -0.05) is 0 Å². The van der Waals surface area contributed by atoms with Crippen LogP contribution in [0, 0.1) is 0 Å². The molecule has 4 rings (SSSR count). The molecule has 4 atom stereocenters. The van der Waals surface area contributed by atoms with Crippen molar-refractivity contribution < 1.29 is 24.3 Å². The van der Waals surface area contributed by atoms with Crippen LogP contribution in [-0.2, 0) is 9.47 Å². The summed E-state index contributed by atoms with van der Waals surface area (Å²) in [6.07, 6.45) is 7.74. The minimum Gasteiger partial charge on any atom is -0.394 e. The van der Waals surface area contributed by atoms with E-state index in [4.69, 9.17) is 31.2 Å². The van der Waals surface area contributed by atoms with Gasteiger partial charge in [0.15, 0.2) is 0 Å². The summed E-state index contributed by atoms with van der Waals surface area (Å²) in [7, 11) is 0. The molecule has 2 aromatic heterocycles. The van der Waals surface area contributed by atoms with Gasteiger partial charge in [-0.2, -0.15) is 4.98 Å². The van der Waals surface area contributed by atoms with Crippen molar-refractivity contribution in [1.29, 1.82) is 0 Å². The summed E-state index contributed by atoms with van der Waals surface area (Å²) in [6.45, 7) is 0.0626. The van der Waals surface area contributed by atoms with E-state index in [-0.39, 0.29) is 43.7 Å². The monoisotopic (exact) mass is 407 g/mol. The molecule has 0 amide bonds. The van der Waals surface area contributed by atoms with Gasteiger partial charge in [-0.25, -0.2) is 9.36 Å². The summed E-state index contributed by atoms with van der Waals surface area (Å²) in [5.74, 6) is 0.700. The van der Waals surface area contributed by atoms with Crippen molar-refractivity contribution in [3.05, 3.63) is 41.3 Å². The van der Waals surface area contributed by atoms with E-state index in [0.29, 0.717) is 12.2 Å². The average Bonchev–Trinajstić information content (AvgIpc) is 3.38. The molecular weight excluding hydrogens is 380 g/mol. The molecule has 0 radical (unpaired) electrons. The van der Waals surface area contributed by atoms with Crippen LogP contribution < -0.4 is 21.7 Å². The molecule has 4 unspecified atom stereocenters. The normalized spacial score (nSPS) is 26.1. The lowest BCUT2D eigenvalue weighted by Gasteiger charge is -2.14. The first-order chi connectivity index (χ1) is 14.0. The van der Waals surface area contributed by atoms with Gasteiger partial charge in [0.05, 0.1) is 31.6 Å². The van der Waals surface area contributed by atoms with Crippen LogP contribution in [0.4, 0.5) is 11.6 Å². The summed E-state index contributed by atoms with van der Waals surface area (Å²) in [6, 6.07) is 3.28. The Balaban J connectivity index is 0.000000166. The molecule has 2 saturated heterocycles. The molecule has 11 nitrogen and oxygen atoms in total. The van der Waals surface area contributed by atoms with Gasteiger partial charge >= 0.3 is 5.69 Å². The second kappa shape index (κ2) is 9.74. The fraction of sp³-hybridized carbons (Fsp3) is 0.556. The number of rotatable bonds is 4. The number of anilines is 2. The van der Waals surface area contributed by atoms with Crippen molar-refractivity contribution in [2.24, 2.45) is 0 Å². The van der Waals surface area contributed by atoms with Crippen LogP contribution in [0.3, 0.4) is 0 Å². The fourth-order valence-corrected chi connectivity index (χ4v) is 3.26. The third kappa shape index (κ3) is 5.48. The number of aromatic nitrogens is 4. The summed E-state index contributed by atoms with van der Waals surface area (Å²) >= 11 is 0. The van der Waals surface area contributed by atoms with Crippen molar-refractivity contribution >= 4 is 11.6 Å². The Morgan fingerprint density at radius 2 is 1.79 bits per heavy atom. The molecule has 0 saturated carbocycles. The third-order valence-corrected chi connectivity index (χ3v) is 4.83. The quantitative estimate of drug-likeness (QED) is 0.471.